The molecule has 1 aliphatic carbocycles. The third-order valence-corrected chi connectivity index (χ3v) is 3.68. The highest BCUT2D eigenvalue weighted by atomic mass is 35.5. The molecule has 0 unspecified atom stereocenters. The molecule has 1 N–H and O–H groups in total. The molecule has 0 aliphatic heterocycles. The summed E-state index contributed by atoms with van der Waals surface area (Å²) < 4.78 is 5.16. The summed E-state index contributed by atoms with van der Waals surface area (Å²) in [5.74, 6) is 0.0635. The van der Waals surface area contributed by atoms with Crippen LogP contribution < -0.4 is 5.32 Å². The van der Waals surface area contributed by atoms with Gasteiger partial charge in [0.05, 0.1) is 22.2 Å². The number of anilines is 1. The average Bonchev–Trinajstić information content (AvgIpc) is 2.35. The number of benzene rings is 1. The quantitative estimate of drug-likeness (QED) is 0.898. The number of nitriles is 1. The van der Waals surface area contributed by atoms with Gasteiger partial charge in [-0.2, -0.15) is 5.26 Å². The number of nitrogens with zero attached hydrogens (tertiary/aromatic N) is 1. The number of rotatable bonds is 2. The van der Waals surface area contributed by atoms with E-state index in [-0.39, 0.29) is 18.6 Å². The molecule has 0 bridgehead atoms. The zero-order valence-electron chi connectivity index (χ0n) is 12.7. The molecule has 116 valence electrons. The Bertz CT molecular complexity index is 663. The first-order valence-corrected chi connectivity index (χ1v) is 7.26. The molecule has 2 rings (SSSR count). The summed E-state index contributed by atoms with van der Waals surface area (Å²) in [4.78, 5) is 23.0. The highest BCUT2D eigenvalue weighted by molar-refractivity contribution is 6.33. The van der Waals surface area contributed by atoms with E-state index in [4.69, 9.17) is 16.3 Å². The number of carbonyl (C=O) groups is 2. The van der Waals surface area contributed by atoms with Gasteiger partial charge in [0.1, 0.15) is 11.4 Å². The summed E-state index contributed by atoms with van der Waals surface area (Å²) in [5.41, 5.74) is -0.300. The van der Waals surface area contributed by atoms with Crippen LogP contribution >= 0.6 is 11.6 Å². The molecule has 0 radical (unpaired) electrons. The zero-order chi connectivity index (χ0) is 16.5. The second-order valence-electron chi connectivity index (χ2n) is 6.41. The average molecular weight is 321 g/mol. The van der Waals surface area contributed by atoms with E-state index >= 15 is 0 Å². The van der Waals surface area contributed by atoms with Gasteiger partial charge in [0.25, 0.3) is 0 Å². The Morgan fingerprint density at radius 2 is 2.05 bits per heavy atom. The monoisotopic (exact) mass is 320 g/mol. The highest BCUT2D eigenvalue weighted by Crippen LogP contribution is 2.42. The lowest BCUT2D eigenvalue weighted by Gasteiger charge is -2.34. The van der Waals surface area contributed by atoms with E-state index in [9.17, 15) is 14.9 Å². The Morgan fingerprint density at radius 3 is 2.50 bits per heavy atom. The van der Waals surface area contributed by atoms with Gasteiger partial charge in [0.2, 0.25) is 0 Å². The Labute approximate surface area is 134 Å². The van der Waals surface area contributed by atoms with E-state index in [1.807, 2.05) is 0 Å². The van der Waals surface area contributed by atoms with Crippen molar-refractivity contribution in [2.45, 2.75) is 44.6 Å². The molecule has 5 nitrogen and oxygen atoms in total. The molecule has 1 aromatic rings. The number of halogens is 1. The lowest BCUT2D eigenvalue weighted by molar-refractivity contribution is -0.126. The molecular formula is C16H17ClN2O3. The molecule has 0 heterocycles. The minimum atomic E-state index is -0.787. The summed E-state index contributed by atoms with van der Waals surface area (Å²) in [6.07, 6.45) is -0.187. The first-order chi connectivity index (χ1) is 10.1. The fourth-order valence-corrected chi connectivity index (χ4v) is 2.52. The van der Waals surface area contributed by atoms with Crippen LogP contribution in [-0.4, -0.2) is 17.5 Å². The number of ether oxygens (including phenoxy) is 1. The Morgan fingerprint density at radius 1 is 1.41 bits per heavy atom. The lowest BCUT2D eigenvalue weighted by Crippen LogP contribution is -2.40. The number of ketones is 1. The van der Waals surface area contributed by atoms with Crippen molar-refractivity contribution in [3.8, 4) is 6.07 Å². The van der Waals surface area contributed by atoms with Crippen LogP contribution in [0.3, 0.4) is 0 Å². The molecule has 6 heteroatoms. The highest BCUT2D eigenvalue weighted by Gasteiger charge is 2.45. The van der Waals surface area contributed by atoms with E-state index in [1.165, 1.54) is 0 Å². The van der Waals surface area contributed by atoms with Crippen molar-refractivity contribution in [2.75, 3.05) is 5.32 Å². The fraction of sp³-hybridized carbons (Fsp3) is 0.438. The Kier molecular flexibility index (Phi) is 4.17. The van der Waals surface area contributed by atoms with Gasteiger partial charge >= 0.3 is 6.09 Å². The number of hydrogen-bond acceptors (Lipinski definition) is 4. The third-order valence-electron chi connectivity index (χ3n) is 3.37. The third kappa shape index (κ3) is 3.40. The minimum absolute atomic E-state index is 0.0635. The summed E-state index contributed by atoms with van der Waals surface area (Å²) in [6.45, 7) is 5.30. The summed E-state index contributed by atoms with van der Waals surface area (Å²) in [5, 5.41) is 12.2. The van der Waals surface area contributed by atoms with Gasteiger partial charge in [-0.3, -0.25) is 10.1 Å². The Balaban J connectivity index is 2.16. The van der Waals surface area contributed by atoms with Gasteiger partial charge < -0.3 is 4.74 Å². The van der Waals surface area contributed by atoms with Gasteiger partial charge in [-0.15, -0.1) is 0 Å². The molecular weight excluding hydrogens is 304 g/mol. The molecule has 0 atom stereocenters. The van der Waals surface area contributed by atoms with E-state index < -0.39 is 17.1 Å². The first-order valence-electron chi connectivity index (χ1n) is 6.88. The predicted molar refractivity (Wildman–Crippen MR) is 82.8 cm³/mol. The van der Waals surface area contributed by atoms with Gasteiger partial charge in [0, 0.05) is 12.8 Å². The van der Waals surface area contributed by atoms with E-state index in [1.54, 1.807) is 39.0 Å². The van der Waals surface area contributed by atoms with Crippen molar-refractivity contribution in [3.05, 3.63) is 28.8 Å². The van der Waals surface area contributed by atoms with Crippen molar-refractivity contribution < 1.29 is 14.3 Å². The maximum absolute atomic E-state index is 11.7. The molecule has 0 spiro atoms. The molecule has 1 amide bonds. The van der Waals surface area contributed by atoms with Crippen LogP contribution in [0.2, 0.25) is 5.02 Å². The van der Waals surface area contributed by atoms with Crippen molar-refractivity contribution in [2.24, 2.45) is 0 Å². The van der Waals surface area contributed by atoms with Gasteiger partial charge in [-0.1, -0.05) is 17.7 Å². The lowest BCUT2D eigenvalue weighted by atomic mass is 9.65. The van der Waals surface area contributed by atoms with E-state index in [2.05, 4.69) is 11.4 Å². The standard InChI is InChI=1S/C16H17ClN2O3/c1-15(2,3)22-14(21)19-13-5-4-10(6-12(13)17)16(9-18)7-11(20)8-16/h4-6H,7-8H2,1-3H3,(H,19,21). The van der Waals surface area contributed by atoms with E-state index in [0.717, 1.165) is 0 Å². The van der Waals surface area contributed by atoms with Gasteiger partial charge in [-0.05, 0) is 38.5 Å². The number of carbonyl (C=O) groups excluding carboxylic acids is 2. The number of Topliss-reactive ketones (excluding diaryl/α,β-unsaturated/α-hetero) is 1. The van der Waals surface area contributed by atoms with Crippen LogP contribution in [-0.2, 0) is 14.9 Å². The largest absolute Gasteiger partial charge is 0.444 e. The maximum Gasteiger partial charge on any atom is 0.412 e. The fourth-order valence-electron chi connectivity index (χ4n) is 2.30. The number of amides is 1. The molecule has 0 aromatic heterocycles. The zero-order valence-corrected chi connectivity index (χ0v) is 13.5. The summed E-state index contributed by atoms with van der Waals surface area (Å²) in [6, 6.07) is 7.12. The van der Waals surface area contributed by atoms with E-state index in [0.29, 0.717) is 16.3 Å². The maximum atomic E-state index is 11.7. The molecule has 1 fully saturated rings. The van der Waals surface area contributed by atoms with Crippen LogP contribution in [0.1, 0.15) is 39.2 Å². The van der Waals surface area contributed by atoms with Crippen molar-refractivity contribution in [1.82, 2.24) is 0 Å². The molecule has 0 saturated heterocycles. The van der Waals surface area contributed by atoms with Crippen molar-refractivity contribution in [1.29, 1.82) is 5.26 Å². The van der Waals surface area contributed by atoms with Gasteiger partial charge in [-0.25, -0.2) is 4.79 Å². The summed E-state index contributed by atoms with van der Waals surface area (Å²) in [7, 11) is 0. The summed E-state index contributed by atoms with van der Waals surface area (Å²) >= 11 is 6.16. The van der Waals surface area contributed by atoms with Crippen LogP contribution in [0, 0.1) is 11.3 Å². The molecule has 22 heavy (non-hydrogen) atoms. The predicted octanol–water partition coefficient (Wildman–Crippen LogP) is 3.81. The number of nitrogens with one attached hydrogen (secondary N) is 1. The Hall–Kier alpha value is -2.06. The normalized spacial score (nSPS) is 16.4. The second-order valence-corrected chi connectivity index (χ2v) is 6.81. The molecule has 1 aromatic carbocycles. The second kappa shape index (κ2) is 5.62. The van der Waals surface area contributed by atoms with Crippen molar-refractivity contribution in [3.63, 3.8) is 0 Å². The number of hydrogen-bond donors (Lipinski definition) is 1. The first kappa shape index (κ1) is 16.3. The van der Waals surface area contributed by atoms with Crippen LogP contribution in [0.5, 0.6) is 0 Å². The SMILES string of the molecule is CC(C)(C)OC(=O)Nc1ccc(C2(C#N)CC(=O)C2)cc1Cl. The van der Waals surface area contributed by atoms with Crippen LogP contribution in [0.4, 0.5) is 10.5 Å². The van der Waals surface area contributed by atoms with Crippen molar-refractivity contribution >= 4 is 29.2 Å². The molecule has 1 saturated carbocycles. The topological polar surface area (TPSA) is 79.2 Å². The van der Waals surface area contributed by atoms with Gasteiger partial charge in [0.15, 0.2) is 0 Å². The smallest absolute Gasteiger partial charge is 0.412 e. The molecule has 1 aliphatic rings. The minimum Gasteiger partial charge on any atom is -0.444 e. The van der Waals surface area contributed by atoms with Crippen LogP contribution in [0.25, 0.3) is 0 Å². The van der Waals surface area contributed by atoms with Crippen LogP contribution in [0.15, 0.2) is 18.2 Å².